The van der Waals surface area contributed by atoms with Crippen LogP contribution in [0, 0.1) is 6.92 Å². The average Bonchev–Trinajstić information content (AvgIpc) is 3.16. The topological polar surface area (TPSA) is 75.3 Å². The molecule has 0 fully saturated rings. The van der Waals surface area contributed by atoms with E-state index >= 15 is 0 Å². The molecule has 0 amide bonds. The van der Waals surface area contributed by atoms with Crippen molar-refractivity contribution in [3.8, 4) is 11.4 Å². The number of aryl methyl sites for hydroxylation is 1. The third-order valence-corrected chi connectivity index (χ3v) is 4.65. The number of guanidine groups is 1. The van der Waals surface area contributed by atoms with E-state index in [9.17, 15) is 0 Å². The number of aliphatic imine (C=N–C) groups is 1. The summed E-state index contributed by atoms with van der Waals surface area (Å²) in [5.74, 6) is 1.82. The van der Waals surface area contributed by atoms with Gasteiger partial charge in [-0.25, -0.2) is 0 Å². The van der Waals surface area contributed by atoms with Crippen LogP contribution >= 0.6 is 11.6 Å². The van der Waals surface area contributed by atoms with Gasteiger partial charge in [0.25, 0.3) is 0 Å². The number of rotatable bonds is 6. The van der Waals surface area contributed by atoms with Crippen LogP contribution in [0.2, 0.25) is 5.02 Å². The first kappa shape index (κ1) is 19.9. The van der Waals surface area contributed by atoms with E-state index in [1.54, 1.807) is 7.05 Å². The van der Waals surface area contributed by atoms with Gasteiger partial charge in [0.15, 0.2) is 5.96 Å². The molecule has 3 aromatic rings. The Morgan fingerprint density at radius 1 is 1.21 bits per heavy atom. The molecule has 0 aliphatic rings. The monoisotopic (exact) mass is 397 g/mol. The van der Waals surface area contributed by atoms with Crippen molar-refractivity contribution < 1.29 is 4.52 Å². The molecule has 1 heterocycles. The van der Waals surface area contributed by atoms with Crippen LogP contribution in [0.5, 0.6) is 0 Å². The first-order valence-corrected chi connectivity index (χ1v) is 9.56. The van der Waals surface area contributed by atoms with Crippen LogP contribution in [0.15, 0.2) is 58.0 Å². The molecule has 146 valence electrons. The Balaban J connectivity index is 1.53. The SMILES string of the molecule is CN=C(NCCc1nc(-c2cccc(Cl)c2)no1)NC(C)c1ccccc1C. The average molecular weight is 398 g/mol. The molecule has 1 atom stereocenters. The van der Waals surface area contributed by atoms with E-state index in [4.69, 9.17) is 16.1 Å². The maximum atomic E-state index is 6.02. The van der Waals surface area contributed by atoms with Crippen LogP contribution in [-0.2, 0) is 6.42 Å². The lowest BCUT2D eigenvalue weighted by molar-refractivity contribution is 0.378. The van der Waals surface area contributed by atoms with E-state index in [0.29, 0.717) is 29.7 Å². The molecule has 0 radical (unpaired) electrons. The molecule has 0 aliphatic carbocycles. The third kappa shape index (κ3) is 5.10. The van der Waals surface area contributed by atoms with Crippen molar-refractivity contribution in [1.29, 1.82) is 0 Å². The van der Waals surface area contributed by atoms with Crippen LogP contribution in [0.1, 0.15) is 30.0 Å². The number of halogens is 1. The highest BCUT2D eigenvalue weighted by Gasteiger charge is 2.11. The van der Waals surface area contributed by atoms with Crippen molar-refractivity contribution >= 4 is 17.6 Å². The van der Waals surface area contributed by atoms with Gasteiger partial charge in [-0.1, -0.05) is 53.2 Å². The number of benzene rings is 2. The highest BCUT2D eigenvalue weighted by atomic mass is 35.5. The van der Waals surface area contributed by atoms with E-state index in [-0.39, 0.29) is 6.04 Å². The lowest BCUT2D eigenvalue weighted by Crippen LogP contribution is -2.39. The minimum atomic E-state index is 0.144. The number of nitrogens with zero attached hydrogens (tertiary/aromatic N) is 3. The molecular formula is C21H24ClN5O. The standard InChI is InChI=1S/C21H24ClN5O/c1-14-7-4-5-10-18(14)15(2)25-21(23-3)24-12-11-19-26-20(27-28-19)16-8-6-9-17(22)13-16/h4-10,13,15H,11-12H2,1-3H3,(H2,23,24,25). The summed E-state index contributed by atoms with van der Waals surface area (Å²) in [5, 5.41) is 11.4. The van der Waals surface area contributed by atoms with E-state index in [2.05, 4.69) is 51.7 Å². The van der Waals surface area contributed by atoms with Gasteiger partial charge in [0.1, 0.15) is 0 Å². The largest absolute Gasteiger partial charge is 0.356 e. The zero-order chi connectivity index (χ0) is 19.9. The van der Waals surface area contributed by atoms with E-state index in [1.165, 1.54) is 11.1 Å². The second-order valence-electron chi connectivity index (χ2n) is 6.49. The summed E-state index contributed by atoms with van der Waals surface area (Å²) in [6, 6.07) is 15.8. The summed E-state index contributed by atoms with van der Waals surface area (Å²) in [5.41, 5.74) is 3.32. The van der Waals surface area contributed by atoms with Gasteiger partial charge in [-0.3, -0.25) is 4.99 Å². The quantitative estimate of drug-likeness (QED) is 0.482. The molecule has 0 aliphatic heterocycles. The molecule has 3 rings (SSSR count). The Morgan fingerprint density at radius 2 is 2.04 bits per heavy atom. The summed E-state index contributed by atoms with van der Waals surface area (Å²) in [4.78, 5) is 8.72. The summed E-state index contributed by atoms with van der Waals surface area (Å²) in [7, 11) is 1.75. The third-order valence-electron chi connectivity index (χ3n) is 4.41. The fourth-order valence-electron chi connectivity index (χ4n) is 2.94. The number of nitrogens with one attached hydrogen (secondary N) is 2. The molecule has 1 unspecified atom stereocenters. The molecule has 28 heavy (non-hydrogen) atoms. The summed E-state index contributed by atoms with van der Waals surface area (Å²) in [6.45, 7) is 4.85. The van der Waals surface area contributed by atoms with Gasteiger partial charge in [0, 0.05) is 30.6 Å². The molecular weight excluding hydrogens is 374 g/mol. The first-order valence-electron chi connectivity index (χ1n) is 9.18. The van der Waals surface area contributed by atoms with Gasteiger partial charge in [0.05, 0.1) is 6.04 Å². The summed E-state index contributed by atoms with van der Waals surface area (Å²) < 4.78 is 5.34. The van der Waals surface area contributed by atoms with Crippen molar-refractivity contribution in [2.24, 2.45) is 4.99 Å². The van der Waals surface area contributed by atoms with Crippen molar-refractivity contribution in [3.63, 3.8) is 0 Å². The first-order chi connectivity index (χ1) is 13.6. The second kappa shape index (κ2) is 9.37. The Kier molecular flexibility index (Phi) is 6.66. The Bertz CT molecular complexity index is 953. The molecule has 2 aromatic carbocycles. The number of aromatic nitrogens is 2. The van der Waals surface area contributed by atoms with Gasteiger partial charge in [0.2, 0.25) is 11.7 Å². The Labute approximate surface area is 170 Å². The molecule has 0 spiro atoms. The van der Waals surface area contributed by atoms with Gasteiger partial charge in [-0.15, -0.1) is 0 Å². The lowest BCUT2D eigenvalue weighted by atomic mass is 10.0. The maximum Gasteiger partial charge on any atom is 0.228 e. The molecule has 1 aromatic heterocycles. The van der Waals surface area contributed by atoms with Crippen molar-refractivity contribution in [3.05, 3.63) is 70.6 Å². The van der Waals surface area contributed by atoms with Crippen LogP contribution in [-0.4, -0.2) is 29.7 Å². The van der Waals surface area contributed by atoms with Crippen molar-refractivity contribution in [2.45, 2.75) is 26.3 Å². The van der Waals surface area contributed by atoms with Crippen LogP contribution < -0.4 is 10.6 Å². The van der Waals surface area contributed by atoms with Gasteiger partial charge in [-0.05, 0) is 37.1 Å². The normalized spacial score (nSPS) is 12.6. The molecule has 2 N–H and O–H groups in total. The molecule has 0 saturated carbocycles. The lowest BCUT2D eigenvalue weighted by Gasteiger charge is -2.19. The van der Waals surface area contributed by atoms with Crippen LogP contribution in [0.3, 0.4) is 0 Å². The fourth-order valence-corrected chi connectivity index (χ4v) is 3.13. The number of hydrogen-bond acceptors (Lipinski definition) is 4. The molecule has 0 saturated heterocycles. The van der Waals surface area contributed by atoms with Crippen molar-refractivity contribution in [2.75, 3.05) is 13.6 Å². The smallest absolute Gasteiger partial charge is 0.228 e. The minimum absolute atomic E-state index is 0.144. The summed E-state index contributed by atoms with van der Waals surface area (Å²) >= 11 is 6.02. The van der Waals surface area contributed by atoms with E-state index in [0.717, 1.165) is 11.5 Å². The molecule has 6 nitrogen and oxygen atoms in total. The molecule has 7 heteroatoms. The predicted octanol–water partition coefficient (Wildman–Crippen LogP) is 4.17. The predicted molar refractivity (Wildman–Crippen MR) is 113 cm³/mol. The maximum absolute atomic E-state index is 6.02. The second-order valence-corrected chi connectivity index (χ2v) is 6.93. The minimum Gasteiger partial charge on any atom is -0.356 e. The Morgan fingerprint density at radius 3 is 2.79 bits per heavy atom. The van der Waals surface area contributed by atoms with E-state index in [1.807, 2.05) is 36.4 Å². The highest BCUT2D eigenvalue weighted by Crippen LogP contribution is 2.20. The zero-order valence-corrected chi connectivity index (χ0v) is 17.0. The van der Waals surface area contributed by atoms with Crippen molar-refractivity contribution in [1.82, 2.24) is 20.8 Å². The molecule has 0 bridgehead atoms. The van der Waals surface area contributed by atoms with Gasteiger partial charge >= 0.3 is 0 Å². The number of hydrogen-bond donors (Lipinski definition) is 2. The van der Waals surface area contributed by atoms with Crippen LogP contribution in [0.4, 0.5) is 0 Å². The highest BCUT2D eigenvalue weighted by molar-refractivity contribution is 6.30. The fraction of sp³-hybridized carbons (Fsp3) is 0.286. The Hall–Kier alpha value is -2.86. The van der Waals surface area contributed by atoms with Gasteiger partial charge < -0.3 is 15.2 Å². The zero-order valence-electron chi connectivity index (χ0n) is 16.2. The van der Waals surface area contributed by atoms with Gasteiger partial charge in [-0.2, -0.15) is 4.98 Å². The van der Waals surface area contributed by atoms with E-state index < -0.39 is 0 Å². The summed E-state index contributed by atoms with van der Waals surface area (Å²) in [6.07, 6.45) is 0.590. The van der Waals surface area contributed by atoms with Crippen LogP contribution in [0.25, 0.3) is 11.4 Å².